The van der Waals surface area contributed by atoms with Gasteiger partial charge >= 0.3 is 0 Å². The van der Waals surface area contributed by atoms with Crippen molar-refractivity contribution < 1.29 is 14.3 Å². The number of unbranched alkanes of at least 4 members (excludes halogenated alkanes) is 1. The first-order valence-corrected chi connectivity index (χ1v) is 13.3. The number of carbonyl (C=O) groups excluding carboxylic acids is 1. The quantitative estimate of drug-likeness (QED) is 0.483. The number of aryl methyl sites for hydroxylation is 1. The molecule has 0 atom stereocenters. The topological polar surface area (TPSA) is 92.7 Å². The lowest BCUT2D eigenvalue weighted by molar-refractivity contribution is 0.0630. The minimum absolute atomic E-state index is 0.0573. The number of H-pyrrole nitrogens is 1. The lowest BCUT2D eigenvalue weighted by Crippen LogP contribution is -2.49. The molecule has 5 rings (SSSR count). The second kappa shape index (κ2) is 11.1. The molecule has 0 bridgehead atoms. The summed E-state index contributed by atoms with van der Waals surface area (Å²) >= 11 is 0. The van der Waals surface area contributed by atoms with Gasteiger partial charge in [0, 0.05) is 63.6 Å². The molecule has 4 heterocycles. The molecule has 2 fully saturated rings. The van der Waals surface area contributed by atoms with Crippen LogP contribution in [0.5, 0.6) is 0 Å². The number of carbonyl (C=O) groups is 1. The van der Waals surface area contributed by atoms with E-state index in [1.807, 2.05) is 35.6 Å². The number of benzene rings is 1. The first kappa shape index (κ1) is 24.9. The molecule has 194 valence electrons. The van der Waals surface area contributed by atoms with Gasteiger partial charge in [-0.05, 0) is 63.8 Å². The van der Waals surface area contributed by atoms with Gasteiger partial charge in [-0.1, -0.05) is 0 Å². The zero-order valence-corrected chi connectivity index (χ0v) is 21.4. The fourth-order valence-electron chi connectivity index (χ4n) is 5.46. The number of aromatic nitrogens is 3. The van der Waals surface area contributed by atoms with Gasteiger partial charge in [0.1, 0.15) is 0 Å². The minimum Gasteiger partial charge on any atom is -0.382 e. The molecule has 1 N–H and O–H groups in total. The molecule has 2 aromatic heterocycles. The van der Waals surface area contributed by atoms with Gasteiger partial charge < -0.3 is 19.4 Å². The van der Waals surface area contributed by atoms with Gasteiger partial charge in [-0.3, -0.25) is 19.2 Å². The molecule has 0 radical (unpaired) electrons. The molecule has 2 aliphatic heterocycles. The third kappa shape index (κ3) is 5.05. The smallest absolute Gasteiger partial charge is 0.259 e. The van der Waals surface area contributed by atoms with Crippen LogP contribution >= 0.6 is 0 Å². The van der Waals surface area contributed by atoms with Crippen LogP contribution in [0, 0.1) is 6.92 Å². The molecule has 36 heavy (non-hydrogen) atoms. The maximum Gasteiger partial charge on any atom is 0.259 e. The molecule has 2 aliphatic rings. The first-order chi connectivity index (χ1) is 17.6. The summed E-state index contributed by atoms with van der Waals surface area (Å²) in [5, 5.41) is 6.03. The summed E-state index contributed by atoms with van der Waals surface area (Å²) in [5.41, 5.74) is 2.98. The maximum absolute atomic E-state index is 13.6. The van der Waals surface area contributed by atoms with Crippen LogP contribution in [-0.4, -0.2) is 89.6 Å². The second-order valence-electron chi connectivity index (χ2n) is 9.90. The number of pyridine rings is 1. The summed E-state index contributed by atoms with van der Waals surface area (Å²) in [6, 6.07) is 4.07. The van der Waals surface area contributed by atoms with Crippen molar-refractivity contribution in [2.24, 2.45) is 0 Å². The van der Waals surface area contributed by atoms with E-state index in [9.17, 15) is 9.59 Å². The lowest BCUT2D eigenvalue weighted by Gasteiger charge is -2.35. The number of piperazine rings is 1. The van der Waals surface area contributed by atoms with Gasteiger partial charge in [0.15, 0.2) is 0 Å². The van der Waals surface area contributed by atoms with Crippen LogP contribution < -0.4 is 5.56 Å². The molecule has 9 nitrogen and oxygen atoms in total. The van der Waals surface area contributed by atoms with Crippen molar-refractivity contribution in [2.75, 3.05) is 59.2 Å². The number of ether oxygens (including phenoxy) is 2. The van der Waals surface area contributed by atoms with Crippen molar-refractivity contribution in [1.29, 1.82) is 0 Å². The van der Waals surface area contributed by atoms with Crippen molar-refractivity contribution in [3.05, 3.63) is 39.8 Å². The Bertz CT molecular complexity index is 1270. The monoisotopic (exact) mass is 495 g/mol. The number of amides is 1. The van der Waals surface area contributed by atoms with Crippen LogP contribution in [0.2, 0.25) is 0 Å². The Morgan fingerprint density at radius 3 is 2.67 bits per heavy atom. The number of nitrogens with zero attached hydrogens (tertiary/aromatic N) is 4. The van der Waals surface area contributed by atoms with E-state index in [2.05, 4.69) is 15.0 Å². The normalized spacial score (nSPS) is 17.9. The Labute approximate surface area is 211 Å². The second-order valence-corrected chi connectivity index (χ2v) is 9.90. The third-order valence-electron chi connectivity index (χ3n) is 7.55. The predicted molar refractivity (Wildman–Crippen MR) is 140 cm³/mol. The Kier molecular flexibility index (Phi) is 7.69. The number of hydrogen-bond donors (Lipinski definition) is 1. The van der Waals surface area contributed by atoms with E-state index in [0.717, 1.165) is 93.6 Å². The number of fused-ring (bicyclic) bond motifs is 3. The Morgan fingerprint density at radius 2 is 1.92 bits per heavy atom. The summed E-state index contributed by atoms with van der Waals surface area (Å²) in [5.74, 6) is 0.0573. The highest BCUT2D eigenvalue weighted by Crippen LogP contribution is 2.30. The van der Waals surface area contributed by atoms with Crippen LogP contribution in [-0.2, 0) is 9.47 Å². The fourth-order valence-corrected chi connectivity index (χ4v) is 5.46. The summed E-state index contributed by atoms with van der Waals surface area (Å²) < 4.78 is 12.9. The Morgan fingerprint density at radius 1 is 1.14 bits per heavy atom. The molecule has 2 saturated heterocycles. The molecule has 0 unspecified atom stereocenters. The van der Waals surface area contributed by atoms with E-state index in [0.29, 0.717) is 24.2 Å². The summed E-state index contributed by atoms with van der Waals surface area (Å²) in [6.07, 6.45) is 5.56. The van der Waals surface area contributed by atoms with Crippen molar-refractivity contribution in [3.63, 3.8) is 0 Å². The van der Waals surface area contributed by atoms with E-state index in [1.165, 1.54) is 0 Å². The fraction of sp³-hybridized carbons (Fsp3) is 0.593. The minimum atomic E-state index is -0.147. The zero-order chi connectivity index (χ0) is 25.1. The summed E-state index contributed by atoms with van der Waals surface area (Å²) in [4.78, 5) is 33.8. The van der Waals surface area contributed by atoms with Gasteiger partial charge in [0.25, 0.3) is 11.5 Å². The number of nitrogens with one attached hydrogen (secondary N) is 1. The molecule has 0 aliphatic carbocycles. The van der Waals surface area contributed by atoms with Crippen LogP contribution in [0.25, 0.3) is 21.8 Å². The highest BCUT2D eigenvalue weighted by Gasteiger charge is 2.25. The van der Waals surface area contributed by atoms with Crippen molar-refractivity contribution in [3.8, 4) is 0 Å². The molecule has 0 spiro atoms. The Hall–Kier alpha value is -2.75. The predicted octanol–water partition coefficient (Wildman–Crippen LogP) is 3.11. The van der Waals surface area contributed by atoms with Crippen LogP contribution in [0.15, 0.2) is 23.1 Å². The maximum atomic E-state index is 13.6. The van der Waals surface area contributed by atoms with Crippen molar-refractivity contribution in [2.45, 2.75) is 45.6 Å². The van der Waals surface area contributed by atoms with E-state index in [4.69, 9.17) is 9.47 Å². The van der Waals surface area contributed by atoms with E-state index < -0.39 is 0 Å². The van der Waals surface area contributed by atoms with Crippen LogP contribution in [0.1, 0.15) is 54.6 Å². The summed E-state index contributed by atoms with van der Waals surface area (Å²) in [7, 11) is 0. The van der Waals surface area contributed by atoms with Gasteiger partial charge in [0.05, 0.1) is 28.7 Å². The highest BCUT2D eigenvalue weighted by molar-refractivity contribution is 6.07. The average molecular weight is 496 g/mol. The lowest BCUT2D eigenvalue weighted by atomic mass is 10.0. The van der Waals surface area contributed by atoms with E-state index >= 15 is 0 Å². The number of hydrogen-bond acceptors (Lipinski definition) is 6. The van der Waals surface area contributed by atoms with Gasteiger partial charge in [-0.15, -0.1) is 0 Å². The average Bonchev–Trinajstić information content (AvgIpc) is 3.35. The highest BCUT2D eigenvalue weighted by atomic mass is 16.5. The number of rotatable bonds is 8. The molecular formula is C27H37N5O4. The SMILES string of the molecule is CCOCCCCN1CCN(C(=O)c2cc3c(cc2C)[nH]c(=O)c2cnn(C4CCOCC4)c23)CC1. The molecule has 1 aromatic carbocycles. The number of aromatic amines is 1. The first-order valence-electron chi connectivity index (χ1n) is 13.3. The summed E-state index contributed by atoms with van der Waals surface area (Å²) in [6.45, 7) is 11.2. The van der Waals surface area contributed by atoms with Gasteiger partial charge in [-0.2, -0.15) is 5.10 Å². The molecule has 0 saturated carbocycles. The molecule has 1 amide bonds. The van der Waals surface area contributed by atoms with E-state index in [1.54, 1.807) is 6.20 Å². The van der Waals surface area contributed by atoms with E-state index in [-0.39, 0.29) is 17.5 Å². The standard InChI is InChI=1S/C27H37N5O4/c1-3-35-13-5-4-8-30-9-11-31(12-10-30)27(34)21-17-22-24(16-19(21)2)29-26(33)23-18-28-32(25(22)23)20-6-14-36-15-7-20/h16-18,20H,3-15H2,1-2H3,(H,29,33). The van der Waals surface area contributed by atoms with Crippen molar-refractivity contribution >= 4 is 27.7 Å². The van der Waals surface area contributed by atoms with Gasteiger partial charge in [-0.25, -0.2) is 0 Å². The molecule has 9 heteroatoms. The van der Waals surface area contributed by atoms with Gasteiger partial charge in [0.2, 0.25) is 0 Å². The van der Waals surface area contributed by atoms with Crippen LogP contribution in [0.3, 0.4) is 0 Å². The molecular weight excluding hydrogens is 458 g/mol. The molecule has 3 aromatic rings. The zero-order valence-electron chi connectivity index (χ0n) is 21.4. The Balaban J connectivity index is 1.37. The largest absolute Gasteiger partial charge is 0.382 e. The van der Waals surface area contributed by atoms with Crippen LogP contribution in [0.4, 0.5) is 0 Å². The van der Waals surface area contributed by atoms with Crippen molar-refractivity contribution in [1.82, 2.24) is 24.6 Å². The third-order valence-corrected chi connectivity index (χ3v) is 7.55.